The molecule has 0 spiro atoms. The van der Waals surface area contributed by atoms with E-state index in [1.54, 1.807) is 6.08 Å². The number of aliphatic hydroxyl groups is 1. The zero-order chi connectivity index (χ0) is 32.7. The van der Waals surface area contributed by atoms with Gasteiger partial charge in [0.25, 0.3) is 0 Å². The first-order chi connectivity index (χ1) is 20.1. The van der Waals surface area contributed by atoms with E-state index in [-0.39, 0.29) is 22.7 Å². The number of fused-ring (bicyclic) bond motifs is 3. The molecule has 1 aliphatic carbocycles. The van der Waals surface area contributed by atoms with E-state index >= 15 is 4.39 Å². The molecule has 3 atom stereocenters. The average Bonchev–Trinajstić information content (AvgIpc) is 3.23. The molecular formula is C40H51ClFNO. The van der Waals surface area contributed by atoms with Crippen LogP contribution >= 0.6 is 11.6 Å². The fraction of sp³-hybridized carbons (Fsp3) is 0.500. The monoisotopic (exact) mass is 615 g/mol. The number of halogens is 2. The van der Waals surface area contributed by atoms with E-state index in [0.717, 1.165) is 27.4 Å². The number of hydrogen-bond acceptors (Lipinski definition) is 1. The van der Waals surface area contributed by atoms with Gasteiger partial charge in [0, 0.05) is 22.6 Å². The number of aromatic nitrogens is 1. The Balaban J connectivity index is 1.85. The molecule has 0 saturated carbocycles. The maximum atomic E-state index is 18.0. The van der Waals surface area contributed by atoms with Gasteiger partial charge in [-0.05, 0) is 75.3 Å². The lowest BCUT2D eigenvalue weighted by Gasteiger charge is -2.51. The average molecular weight is 616 g/mol. The highest BCUT2D eigenvalue weighted by Gasteiger charge is 2.58. The number of rotatable bonds is 4. The molecule has 4 aromatic rings. The minimum Gasteiger partial charge on any atom is -0.385 e. The van der Waals surface area contributed by atoms with Crippen LogP contribution in [0.5, 0.6) is 0 Å². The molecule has 0 radical (unpaired) electrons. The lowest BCUT2D eigenvalue weighted by atomic mass is 9.62. The highest BCUT2D eigenvalue weighted by Crippen LogP contribution is 2.57. The van der Waals surface area contributed by atoms with Crippen LogP contribution in [0.4, 0.5) is 4.39 Å². The summed E-state index contributed by atoms with van der Waals surface area (Å²) in [6.45, 7) is 23.8. The Bertz CT molecular complexity index is 1660. The molecule has 1 aliphatic rings. The molecule has 0 fully saturated rings. The molecule has 1 heterocycles. The number of benzene rings is 3. The van der Waals surface area contributed by atoms with E-state index in [1.807, 2.05) is 48.7 Å². The normalized spacial score (nSPS) is 23.8. The summed E-state index contributed by atoms with van der Waals surface area (Å²) in [7, 11) is 0. The molecule has 1 N–H and O–H groups in total. The zero-order valence-electron chi connectivity index (χ0n) is 28.6. The van der Waals surface area contributed by atoms with Crippen LogP contribution in [0.2, 0.25) is 0 Å². The summed E-state index contributed by atoms with van der Waals surface area (Å²) in [5, 5.41) is 14.5. The quantitative estimate of drug-likeness (QED) is 0.227. The Morgan fingerprint density at radius 1 is 0.773 bits per heavy atom. The third-order valence-corrected chi connectivity index (χ3v) is 10.2. The molecular weight excluding hydrogens is 565 g/mol. The Kier molecular flexibility index (Phi) is 7.79. The maximum absolute atomic E-state index is 18.0. The first-order valence-electron chi connectivity index (χ1n) is 16.0. The van der Waals surface area contributed by atoms with Gasteiger partial charge in [-0.2, -0.15) is 0 Å². The van der Waals surface area contributed by atoms with Crippen molar-refractivity contribution in [2.45, 2.75) is 117 Å². The van der Waals surface area contributed by atoms with E-state index in [2.05, 4.69) is 98.7 Å². The van der Waals surface area contributed by atoms with Crippen LogP contribution in [-0.2, 0) is 15.8 Å². The predicted molar refractivity (Wildman–Crippen MR) is 187 cm³/mol. The third-order valence-electron chi connectivity index (χ3n) is 9.68. The zero-order valence-corrected chi connectivity index (χ0v) is 29.3. The van der Waals surface area contributed by atoms with Crippen molar-refractivity contribution < 1.29 is 9.50 Å². The highest BCUT2D eigenvalue weighted by atomic mass is 35.5. The maximum Gasteiger partial charge on any atom is 0.153 e. The van der Waals surface area contributed by atoms with Gasteiger partial charge in [-0.25, -0.2) is 4.39 Å². The minimum absolute atomic E-state index is 0.0540. The van der Waals surface area contributed by atoms with Crippen molar-refractivity contribution in [1.82, 2.24) is 4.57 Å². The minimum atomic E-state index is -1.80. The molecule has 1 aromatic heterocycles. The van der Waals surface area contributed by atoms with E-state index < -0.39 is 22.2 Å². The molecule has 5 rings (SSSR count). The van der Waals surface area contributed by atoms with Gasteiger partial charge in [0.05, 0.1) is 11.0 Å². The fourth-order valence-corrected chi connectivity index (χ4v) is 7.90. The number of hydrogen-bond donors (Lipinski definition) is 1. The van der Waals surface area contributed by atoms with Crippen molar-refractivity contribution in [3.05, 3.63) is 89.5 Å². The van der Waals surface area contributed by atoms with E-state index in [4.69, 9.17) is 11.6 Å². The Labute approximate surface area is 269 Å². The molecule has 4 heteroatoms. The van der Waals surface area contributed by atoms with Crippen LogP contribution in [0.1, 0.15) is 106 Å². The number of allylic oxidation sites excluding steroid dienone is 1. The Morgan fingerprint density at radius 2 is 1.25 bits per heavy atom. The summed E-state index contributed by atoms with van der Waals surface area (Å²) in [5.41, 5.74) is 2.78. The first-order valence-corrected chi connectivity index (χ1v) is 16.4. The van der Waals surface area contributed by atoms with Gasteiger partial charge in [-0.15, -0.1) is 0 Å². The van der Waals surface area contributed by atoms with E-state index in [0.29, 0.717) is 12.0 Å². The summed E-state index contributed by atoms with van der Waals surface area (Å²) in [4.78, 5) is -1.49. The first kappa shape index (κ1) is 32.8. The lowest BCUT2D eigenvalue weighted by molar-refractivity contribution is -0.0206. The van der Waals surface area contributed by atoms with Gasteiger partial charge in [0.15, 0.2) is 5.00 Å². The van der Waals surface area contributed by atoms with Crippen LogP contribution in [0.3, 0.4) is 0 Å². The summed E-state index contributed by atoms with van der Waals surface area (Å²) >= 11 is 7.85. The molecule has 3 unspecified atom stereocenters. The van der Waals surface area contributed by atoms with Crippen molar-refractivity contribution in [1.29, 1.82) is 0 Å². The van der Waals surface area contributed by atoms with Crippen LogP contribution in [0.15, 0.2) is 72.8 Å². The van der Waals surface area contributed by atoms with Crippen molar-refractivity contribution in [3.8, 4) is 0 Å². The number of aliphatic hydroxyl groups excluding tert-OH is 1. The second kappa shape index (κ2) is 10.5. The van der Waals surface area contributed by atoms with Gasteiger partial charge in [0.2, 0.25) is 0 Å². The van der Waals surface area contributed by atoms with Gasteiger partial charge >= 0.3 is 0 Å². The topological polar surface area (TPSA) is 25.2 Å². The second-order valence-electron chi connectivity index (χ2n) is 17.1. The lowest BCUT2D eigenvalue weighted by Crippen LogP contribution is -2.54. The predicted octanol–water partition coefficient (Wildman–Crippen LogP) is 11.3. The second-order valence-corrected chi connectivity index (χ2v) is 17.8. The molecule has 3 aromatic carbocycles. The Hall–Kier alpha value is -2.62. The van der Waals surface area contributed by atoms with E-state index in [1.165, 1.54) is 11.1 Å². The summed E-state index contributed by atoms with van der Waals surface area (Å²) in [6, 6.07) is 22.7. The van der Waals surface area contributed by atoms with Gasteiger partial charge in [-0.1, -0.05) is 130 Å². The molecule has 0 bridgehead atoms. The number of nitrogens with zero attached hydrogens (tertiary/aromatic N) is 1. The molecule has 0 amide bonds. The van der Waals surface area contributed by atoms with Crippen molar-refractivity contribution in [2.75, 3.05) is 0 Å². The largest absolute Gasteiger partial charge is 0.385 e. The highest BCUT2D eigenvalue weighted by molar-refractivity contribution is 6.25. The molecule has 0 aliphatic heterocycles. The van der Waals surface area contributed by atoms with Crippen molar-refractivity contribution in [2.24, 2.45) is 10.8 Å². The van der Waals surface area contributed by atoms with E-state index in [9.17, 15) is 5.11 Å². The molecule has 2 nitrogen and oxygen atoms in total. The van der Waals surface area contributed by atoms with Crippen LogP contribution in [0, 0.1) is 10.8 Å². The van der Waals surface area contributed by atoms with Gasteiger partial charge < -0.3 is 9.67 Å². The smallest absolute Gasteiger partial charge is 0.153 e. The van der Waals surface area contributed by atoms with Gasteiger partial charge in [-0.3, -0.25) is 0 Å². The van der Waals surface area contributed by atoms with Crippen LogP contribution in [0.25, 0.3) is 27.4 Å². The van der Waals surface area contributed by atoms with Crippen molar-refractivity contribution >= 4 is 39.0 Å². The summed E-state index contributed by atoms with van der Waals surface area (Å²) in [6.07, 6.45) is 1.12. The molecule has 0 saturated heterocycles. The van der Waals surface area contributed by atoms with Crippen LogP contribution in [-0.4, -0.2) is 21.4 Å². The van der Waals surface area contributed by atoms with Crippen LogP contribution < -0.4 is 0 Å². The molecule has 44 heavy (non-hydrogen) atoms. The van der Waals surface area contributed by atoms with Crippen molar-refractivity contribution in [3.63, 3.8) is 0 Å². The SMILES string of the molecule is CC(C)(C)CC(C)(C)C1(F)C=C(c2ccccc2)C(O)C(Cl)(n2c3ccc(C(C)(C)C)cc3c3cc(C(C)(C)C)ccc32)C1. The summed E-state index contributed by atoms with van der Waals surface area (Å²) < 4.78 is 20.1. The molecule has 236 valence electrons. The number of alkyl halides is 2. The third kappa shape index (κ3) is 5.64. The summed E-state index contributed by atoms with van der Waals surface area (Å²) in [5.74, 6) is 0. The van der Waals surface area contributed by atoms with Gasteiger partial charge in [0.1, 0.15) is 11.8 Å². The fourth-order valence-electron chi connectivity index (χ4n) is 7.41. The standard InChI is InChI=1S/C40H51ClFNO/c1-35(2,3)24-38(10,11)39(42)23-31(26-15-13-12-14-16-26)34(44)40(41,25-39)43-32-19-17-27(36(4,5)6)21-29(32)30-22-28(37(7,8)9)18-20-33(30)43/h12-23,34,44H,24-25H2,1-11H3. The Morgan fingerprint density at radius 3 is 1.68 bits per heavy atom.